The minimum absolute atomic E-state index is 0.126. The molecule has 3 rings (SSSR count). The molecular formula is C17H15ClN2O3. The molecule has 118 valence electrons. The number of carbonyl (C=O) groups is 2. The summed E-state index contributed by atoms with van der Waals surface area (Å²) in [6, 6.07) is 11.8. The molecular weight excluding hydrogens is 316 g/mol. The molecule has 0 aliphatic carbocycles. The van der Waals surface area contributed by atoms with E-state index in [-0.39, 0.29) is 11.8 Å². The van der Waals surface area contributed by atoms with E-state index in [4.69, 9.17) is 16.3 Å². The Bertz CT molecular complexity index is 774. The van der Waals surface area contributed by atoms with Gasteiger partial charge in [-0.05, 0) is 49.4 Å². The van der Waals surface area contributed by atoms with Crippen molar-refractivity contribution in [2.75, 3.05) is 17.3 Å². The number of nitrogens with one attached hydrogen (secondary N) is 1. The number of anilines is 2. The molecule has 23 heavy (non-hydrogen) atoms. The number of rotatable bonds is 2. The predicted octanol–water partition coefficient (Wildman–Crippen LogP) is 3.34. The van der Waals surface area contributed by atoms with Gasteiger partial charge >= 0.3 is 0 Å². The lowest BCUT2D eigenvalue weighted by Gasteiger charge is -2.30. The lowest BCUT2D eigenvalue weighted by atomic mass is 10.1. The molecule has 2 aromatic carbocycles. The van der Waals surface area contributed by atoms with Crippen LogP contribution in [-0.4, -0.2) is 25.0 Å². The van der Waals surface area contributed by atoms with Gasteiger partial charge < -0.3 is 15.0 Å². The highest BCUT2D eigenvalue weighted by atomic mass is 35.5. The van der Waals surface area contributed by atoms with E-state index in [1.54, 1.807) is 56.4 Å². The monoisotopic (exact) mass is 330 g/mol. The van der Waals surface area contributed by atoms with Crippen LogP contribution in [0.4, 0.5) is 11.4 Å². The Hall–Kier alpha value is -2.53. The van der Waals surface area contributed by atoms with E-state index < -0.39 is 6.10 Å². The van der Waals surface area contributed by atoms with Crippen LogP contribution in [0.1, 0.15) is 17.3 Å². The van der Waals surface area contributed by atoms with Crippen LogP contribution in [0.3, 0.4) is 0 Å². The fourth-order valence-corrected chi connectivity index (χ4v) is 2.52. The third kappa shape index (κ3) is 3.00. The molecule has 2 amide bonds. The zero-order valence-electron chi connectivity index (χ0n) is 12.7. The van der Waals surface area contributed by atoms with Crippen LogP contribution in [0.15, 0.2) is 42.5 Å². The first kappa shape index (κ1) is 15.4. The van der Waals surface area contributed by atoms with Crippen molar-refractivity contribution in [2.24, 2.45) is 0 Å². The number of nitrogens with zero attached hydrogens (tertiary/aromatic N) is 1. The maximum atomic E-state index is 12.2. The maximum Gasteiger partial charge on any atom is 0.267 e. The van der Waals surface area contributed by atoms with Crippen molar-refractivity contribution >= 4 is 34.8 Å². The van der Waals surface area contributed by atoms with Gasteiger partial charge in [0.05, 0.1) is 5.69 Å². The second-order valence-corrected chi connectivity index (χ2v) is 5.74. The number of benzene rings is 2. The molecule has 1 aliphatic heterocycles. The van der Waals surface area contributed by atoms with Crippen LogP contribution in [0.2, 0.25) is 5.02 Å². The zero-order chi connectivity index (χ0) is 16.6. The molecule has 0 bridgehead atoms. The van der Waals surface area contributed by atoms with E-state index in [0.717, 1.165) is 0 Å². The van der Waals surface area contributed by atoms with Gasteiger partial charge in [0.2, 0.25) is 0 Å². The fraction of sp³-hybridized carbons (Fsp3) is 0.176. The molecule has 1 atom stereocenters. The Morgan fingerprint density at radius 3 is 2.61 bits per heavy atom. The number of halogens is 1. The normalized spacial score (nSPS) is 16.6. The van der Waals surface area contributed by atoms with Crippen molar-refractivity contribution in [2.45, 2.75) is 13.0 Å². The molecule has 0 fully saturated rings. The number of hydrogen-bond acceptors (Lipinski definition) is 3. The zero-order valence-corrected chi connectivity index (χ0v) is 13.4. The minimum Gasteiger partial charge on any atom is -0.479 e. The summed E-state index contributed by atoms with van der Waals surface area (Å²) in [5, 5.41) is 3.37. The maximum absolute atomic E-state index is 12.2. The standard InChI is InChI=1S/C17H15ClN2O3/c1-10-17(22)20(2)14-9-13(7-8-15(14)23-10)19-16(21)11-3-5-12(18)6-4-11/h3-10H,1-2H3,(H,19,21)/t10-/m1/s1. The van der Waals surface area contributed by atoms with Crippen molar-refractivity contribution in [3.8, 4) is 5.75 Å². The third-order valence-electron chi connectivity index (χ3n) is 3.67. The molecule has 2 aromatic rings. The summed E-state index contributed by atoms with van der Waals surface area (Å²) in [6.45, 7) is 1.71. The first-order valence-corrected chi connectivity index (χ1v) is 7.48. The van der Waals surface area contributed by atoms with Gasteiger partial charge in [-0.2, -0.15) is 0 Å². The molecule has 1 aliphatic rings. The lowest BCUT2D eigenvalue weighted by molar-refractivity contribution is -0.125. The molecule has 0 spiro atoms. The van der Waals surface area contributed by atoms with Crippen molar-refractivity contribution in [1.82, 2.24) is 0 Å². The first-order valence-electron chi connectivity index (χ1n) is 7.11. The fourth-order valence-electron chi connectivity index (χ4n) is 2.39. The van der Waals surface area contributed by atoms with Gasteiger partial charge in [-0.25, -0.2) is 0 Å². The molecule has 0 aromatic heterocycles. The highest BCUT2D eigenvalue weighted by Crippen LogP contribution is 2.35. The van der Waals surface area contributed by atoms with Crippen LogP contribution in [-0.2, 0) is 4.79 Å². The van der Waals surface area contributed by atoms with Crippen LogP contribution in [0.25, 0.3) is 0 Å². The van der Waals surface area contributed by atoms with E-state index in [1.165, 1.54) is 4.90 Å². The second kappa shape index (κ2) is 5.93. The third-order valence-corrected chi connectivity index (χ3v) is 3.92. The predicted molar refractivity (Wildman–Crippen MR) is 89.3 cm³/mol. The average Bonchev–Trinajstić information content (AvgIpc) is 2.54. The smallest absolute Gasteiger partial charge is 0.267 e. The van der Waals surface area contributed by atoms with Gasteiger partial charge in [-0.3, -0.25) is 9.59 Å². The van der Waals surface area contributed by atoms with Crippen LogP contribution in [0, 0.1) is 0 Å². The Morgan fingerprint density at radius 1 is 1.22 bits per heavy atom. The first-order chi connectivity index (χ1) is 11.0. The average molecular weight is 331 g/mol. The summed E-state index contributed by atoms with van der Waals surface area (Å²) in [5.41, 5.74) is 1.71. The summed E-state index contributed by atoms with van der Waals surface area (Å²) >= 11 is 5.81. The Morgan fingerprint density at radius 2 is 1.91 bits per heavy atom. The molecule has 5 nitrogen and oxygen atoms in total. The Labute approximate surface area is 138 Å². The number of fused-ring (bicyclic) bond motifs is 1. The number of likely N-dealkylation sites (N-methyl/N-ethyl adjacent to an activating group) is 1. The van der Waals surface area contributed by atoms with Crippen molar-refractivity contribution in [3.05, 3.63) is 53.1 Å². The topological polar surface area (TPSA) is 58.6 Å². The van der Waals surface area contributed by atoms with Gasteiger partial charge in [-0.15, -0.1) is 0 Å². The summed E-state index contributed by atoms with van der Waals surface area (Å²) in [6.07, 6.45) is -0.512. The highest BCUT2D eigenvalue weighted by Gasteiger charge is 2.29. The Balaban J connectivity index is 1.83. The molecule has 1 heterocycles. The largest absolute Gasteiger partial charge is 0.479 e. The van der Waals surface area contributed by atoms with Crippen molar-refractivity contribution in [1.29, 1.82) is 0 Å². The van der Waals surface area contributed by atoms with E-state index in [2.05, 4.69) is 5.32 Å². The van der Waals surface area contributed by atoms with Crippen LogP contribution < -0.4 is 15.0 Å². The van der Waals surface area contributed by atoms with Gasteiger partial charge in [0, 0.05) is 23.3 Å². The second-order valence-electron chi connectivity index (χ2n) is 5.30. The van der Waals surface area contributed by atoms with Gasteiger partial charge in [0.15, 0.2) is 6.10 Å². The van der Waals surface area contributed by atoms with E-state index in [0.29, 0.717) is 27.7 Å². The molecule has 0 radical (unpaired) electrons. The minimum atomic E-state index is -0.512. The van der Waals surface area contributed by atoms with Gasteiger partial charge in [0.1, 0.15) is 5.75 Å². The molecule has 0 unspecified atom stereocenters. The summed E-state index contributed by atoms with van der Waals surface area (Å²) in [5.74, 6) is 0.239. The quantitative estimate of drug-likeness (QED) is 0.918. The molecule has 6 heteroatoms. The van der Waals surface area contributed by atoms with E-state index >= 15 is 0 Å². The SMILES string of the molecule is C[C@H]1Oc2ccc(NC(=O)c3ccc(Cl)cc3)cc2N(C)C1=O. The van der Waals surface area contributed by atoms with Crippen molar-refractivity contribution < 1.29 is 14.3 Å². The molecule has 0 saturated carbocycles. The molecule has 1 N–H and O–H groups in total. The van der Waals surface area contributed by atoms with Gasteiger partial charge in [-0.1, -0.05) is 11.6 Å². The summed E-state index contributed by atoms with van der Waals surface area (Å²) < 4.78 is 5.55. The van der Waals surface area contributed by atoms with E-state index in [1.807, 2.05) is 0 Å². The number of amides is 2. The van der Waals surface area contributed by atoms with E-state index in [9.17, 15) is 9.59 Å². The van der Waals surface area contributed by atoms with Gasteiger partial charge in [0.25, 0.3) is 11.8 Å². The number of carbonyl (C=O) groups excluding carboxylic acids is 2. The number of hydrogen-bond donors (Lipinski definition) is 1. The summed E-state index contributed by atoms with van der Waals surface area (Å²) in [4.78, 5) is 25.7. The lowest BCUT2D eigenvalue weighted by Crippen LogP contribution is -2.41. The Kier molecular flexibility index (Phi) is 3.96. The van der Waals surface area contributed by atoms with Crippen LogP contribution in [0.5, 0.6) is 5.75 Å². The van der Waals surface area contributed by atoms with Crippen molar-refractivity contribution in [3.63, 3.8) is 0 Å². The van der Waals surface area contributed by atoms with Crippen LogP contribution >= 0.6 is 11.6 Å². The number of ether oxygens (including phenoxy) is 1. The summed E-state index contributed by atoms with van der Waals surface area (Å²) in [7, 11) is 1.69. The highest BCUT2D eigenvalue weighted by molar-refractivity contribution is 6.30. The molecule has 0 saturated heterocycles.